The number of aromatic amines is 1. The molecule has 1 aliphatic rings. The Hall–Kier alpha value is -2.67. The summed E-state index contributed by atoms with van der Waals surface area (Å²) < 4.78 is 7.84. The predicted molar refractivity (Wildman–Crippen MR) is 97.4 cm³/mol. The number of benzene rings is 1. The number of aryl methyl sites for hydroxylation is 2. The summed E-state index contributed by atoms with van der Waals surface area (Å²) >= 11 is 0. The summed E-state index contributed by atoms with van der Waals surface area (Å²) in [6.07, 6.45) is 4.09. The fourth-order valence-electron chi connectivity index (χ4n) is 3.52. The third-order valence-corrected chi connectivity index (χ3v) is 4.89. The van der Waals surface area contributed by atoms with Crippen LogP contribution in [-0.2, 0) is 22.6 Å². The molecule has 0 bridgehead atoms. The topological polar surface area (TPSA) is 84.8 Å². The Balaban J connectivity index is 1.45. The van der Waals surface area contributed by atoms with Crippen molar-refractivity contribution in [1.82, 2.24) is 24.8 Å². The molecule has 1 aliphatic heterocycles. The van der Waals surface area contributed by atoms with E-state index < -0.39 is 0 Å². The number of carbonyl (C=O) groups excluding carboxylic acids is 1. The second-order valence-electron chi connectivity index (χ2n) is 6.68. The van der Waals surface area contributed by atoms with E-state index in [1.54, 1.807) is 6.20 Å². The summed E-state index contributed by atoms with van der Waals surface area (Å²) in [5.74, 6) is 1.33. The van der Waals surface area contributed by atoms with Gasteiger partial charge in [-0.1, -0.05) is 6.07 Å². The van der Waals surface area contributed by atoms with Gasteiger partial charge in [-0.2, -0.15) is 0 Å². The molecule has 2 N–H and O–H groups in total. The molecule has 1 aromatic carbocycles. The van der Waals surface area contributed by atoms with Crippen LogP contribution >= 0.6 is 0 Å². The highest BCUT2D eigenvalue weighted by molar-refractivity contribution is 5.80. The maximum atomic E-state index is 12.7. The van der Waals surface area contributed by atoms with Crippen LogP contribution in [0, 0.1) is 12.8 Å². The van der Waals surface area contributed by atoms with Crippen molar-refractivity contribution in [2.75, 3.05) is 6.61 Å². The van der Waals surface area contributed by atoms with Crippen LogP contribution in [0.25, 0.3) is 11.0 Å². The van der Waals surface area contributed by atoms with E-state index in [1.807, 2.05) is 29.8 Å². The Bertz CT molecular complexity index is 929. The van der Waals surface area contributed by atoms with Crippen LogP contribution in [-0.4, -0.2) is 32.0 Å². The van der Waals surface area contributed by atoms with Gasteiger partial charge >= 0.3 is 0 Å². The average Bonchev–Trinajstić information content (AvgIpc) is 3.36. The minimum atomic E-state index is -0.289. The zero-order valence-corrected chi connectivity index (χ0v) is 15.0. The van der Waals surface area contributed by atoms with Crippen LogP contribution in [0.4, 0.5) is 0 Å². The minimum absolute atomic E-state index is 0.0187. The smallest absolute Gasteiger partial charge is 0.226 e. The molecular formula is C19H23N5O2. The lowest BCUT2D eigenvalue weighted by atomic mass is 10.00. The van der Waals surface area contributed by atoms with Crippen molar-refractivity contribution in [3.05, 3.63) is 47.8 Å². The first-order chi connectivity index (χ1) is 12.7. The van der Waals surface area contributed by atoms with Crippen molar-refractivity contribution < 1.29 is 9.53 Å². The van der Waals surface area contributed by atoms with Crippen molar-refractivity contribution in [3.8, 4) is 0 Å². The van der Waals surface area contributed by atoms with Crippen molar-refractivity contribution in [2.24, 2.45) is 5.92 Å². The second kappa shape index (κ2) is 6.92. The number of H-pyrrole nitrogens is 1. The molecule has 1 saturated heterocycles. The Morgan fingerprint density at radius 3 is 3.19 bits per heavy atom. The molecular weight excluding hydrogens is 330 g/mol. The Morgan fingerprint density at radius 2 is 2.35 bits per heavy atom. The van der Waals surface area contributed by atoms with Gasteiger partial charge in [0.05, 0.1) is 23.5 Å². The fraction of sp³-hybridized carbons (Fsp3) is 0.421. The summed E-state index contributed by atoms with van der Waals surface area (Å²) in [7, 11) is 0. The highest BCUT2D eigenvalue weighted by Crippen LogP contribution is 2.33. The SMILES string of the molecule is CCn1ccnc1[C@@H]1OCC[C@H]1C(=O)NCc1nc2ccc(C)cc2[nH]1. The van der Waals surface area contributed by atoms with E-state index in [-0.39, 0.29) is 17.9 Å². The highest BCUT2D eigenvalue weighted by atomic mass is 16.5. The van der Waals surface area contributed by atoms with E-state index in [0.717, 1.165) is 29.2 Å². The number of amides is 1. The highest BCUT2D eigenvalue weighted by Gasteiger charge is 2.37. The molecule has 7 heteroatoms. The van der Waals surface area contributed by atoms with Gasteiger partial charge in [0.25, 0.3) is 0 Å². The molecule has 0 radical (unpaired) electrons. The summed E-state index contributed by atoms with van der Waals surface area (Å²) in [4.78, 5) is 24.9. The number of nitrogens with zero attached hydrogens (tertiary/aromatic N) is 3. The van der Waals surface area contributed by atoms with Gasteiger partial charge in [-0.05, 0) is 38.0 Å². The number of ether oxygens (including phenoxy) is 1. The van der Waals surface area contributed by atoms with Crippen molar-refractivity contribution in [1.29, 1.82) is 0 Å². The molecule has 26 heavy (non-hydrogen) atoms. The molecule has 1 amide bonds. The molecule has 2 atom stereocenters. The van der Waals surface area contributed by atoms with Crippen LogP contribution in [0.2, 0.25) is 0 Å². The van der Waals surface area contributed by atoms with Gasteiger partial charge in [0.15, 0.2) is 0 Å². The van der Waals surface area contributed by atoms with E-state index in [0.29, 0.717) is 19.6 Å². The van der Waals surface area contributed by atoms with E-state index in [4.69, 9.17) is 4.74 Å². The second-order valence-corrected chi connectivity index (χ2v) is 6.68. The van der Waals surface area contributed by atoms with Gasteiger partial charge in [0.2, 0.25) is 5.91 Å². The molecule has 7 nitrogen and oxygen atoms in total. The van der Waals surface area contributed by atoms with E-state index in [1.165, 1.54) is 5.56 Å². The Labute approximate surface area is 151 Å². The number of carbonyl (C=O) groups is 1. The molecule has 0 saturated carbocycles. The van der Waals surface area contributed by atoms with Gasteiger partial charge < -0.3 is 19.6 Å². The molecule has 2 aromatic heterocycles. The third-order valence-electron chi connectivity index (χ3n) is 4.89. The van der Waals surface area contributed by atoms with Gasteiger partial charge in [-0.15, -0.1) is 0 Å². The first-order valence-corrected chi connectivity index (χ1v) is 9.01. The molecule has 0 spiro atoms. The van der Waals surface area contributed by atoms with E-state index in [2.05, 4.69) is 33.3 Å². The summed E-state index contributed by atoms with van der Waals surface area (Å²) in [5, 5.41) is 3.00. The largest absolute Gasteiger partial charge is 0.369 e. The lowest BCUT2D eigenvalue weighted by Gasteiger charge is -2.18. The quantitative estimate of drug-likeness (QED) is 0.738. The van der Waals surface area contributed by atoms with Crippen molar-refractivity contribution in [3.63, 3.8) is 0 Å². The van der Waals surface area contributed by atoms with Crippen LogP contribution in [0.3, 0.4) is 0 Å². The summed E-state index contributed by atoms with van der Waals surface area (Å²) in [6.45, 7) is 5.85. The van der Waals surface area contributed by atoms with Crippen LogP contribution in [0.15, 0.2) is 30.6 Å². The monoisotopic (exact) mass is 353 g/mol. The summed E-state index contributed by atoms with van der Waals surface area (Å²) in [5.41, 5.74) is 3.07. The zero-order valence-electron chi connectivity index (χ0n) is 15.0. The molecule has 3 aromatic rings. The average molecular weight is 353 g/mol. The van der Waals surface area contributed by atoms with Gasteiger partial charge in [-0.3, -0.25) is 4.79 Å². The Morgan fingerprint density at radius 1 is 1.46 bits per heavy atom. The minimum Gasteiger partial charge on any atom is -0.369 e. The molecule has 136 valence electrons. The van der Waals surface area contributed by atoms with Crippen molar-refractivity contribution >= 4 is 16.9 Å². The zero-order chi connectivity index (χ0) is 18.1. The lowest BCUT2D eigenvalue weighted by Crippen LogP contribution is -2.33. The third kappa shape index (κ3) is 3.10. The lowest BCUT2D eigenvalue weighted by molar-refractivity contribution is -0.127. The molecule has 0 aliphatic carbocycles. The maximum Gasteiger partial charge on any atom is 0.226 e. The first-order valence-electron chi connectivity index (χ1n) is 9.01. The number of fused-ring (bicyclic) bond motifs is 1. The molecule has 1 fully saturated rings. The first kappa shape index (κ1) is 16.8. The number of aromatic nitrogens is 4. The predicted octanol–water partition coefficient (Wildman–Crippen LogP) is 2.48. The number of rotatable bonds is 5. The van der Waals surface area contributed by atoms with Crippen LogP contribution in [0.1, 0.15) is 36.7 Å². The standard InChI is InChI=1S/C19H23N5O2/c1-3-24-8-7-20-18(24)17-13(6-9-26-17)19(25)21-11-16-22-14-5-4-12(2)10-15(14)23-16/h4-5,7-8,10,13,17H,3,6,9,11H2,1-2H3,(H,21,25)(H,22,23)/t13-,17-/m1/s1. The molecule has 4 rings (SSSR count). The van der Waals surface area contributed by atoms with Crippen LogP contribution < -0.4 is 5.32 Å². The van der Waals surface area contributed by atoms with Crippen LogP contribution in [0.5, 0.6) is 0 Å². The van der Waals surface area contributed by atoms with Gasteiger partial charge in [0.1, 0.15) is 17.8 Å². The maximum absolute atomic E-state index is 12.7. The van der Waals surface area contributed by atoms with Gasteiger partial charge in [-0.25, -0.2) is 9.97 Å². The normalized spacial score (nSPS) is 19.9. The number of hydrogen-bond donors (Lipinski definition) is 2. The summed E-state index contributed by atoms with van der Waals surface area (Å²) in [6, 6.07) is 6.07. The fourth-order valence-corrected chi connectivity index (χ4v) is 3.52. The van der Waals surface area contributed by atoms with E-state index >= 15 is 0 Å². The van der Waals surface area contributed by atoms with Gasteiger partial charge in [0, 0.05) is 25.5 Å². The number of hydrogen-bond acceptors (Lipinski definition) is 4. The molecule has 3 heterocycles. The van der Waals surface area contributed by atoms with E-state index in [9.17, 15) is 4.79 Å². The van der Waals surface area contributed by atoms with Crippen molar-refractivity contribution in [2.45, 2.75) is 39.5 Å². The molecule has 0 unspecified atom stereocenters. The Kier molecular flexibility index (Phi) is 4.46. The number of nitrogens with one attached hydrogen (secondary N) is 2. The number of imidazole rings is 2.